The van der Waals surface area contributed by atoms with Gasteiger partial charge in [0.25, 0.3) is 5.56 Å². The Balaban J connectivity index is 1.41. The second-order valence-corrected chi connectivity index (χ2v) is 11.6. The predicted octanol–water partition coefficient (Wildman–Crippen LogP) is 4.74. The summed E-state index contributed by atoms with van der Waals surface area (Å²) in [7, 11) is 0. The number of aliphatic hydroxyl groups is 1. The van der Waals surface area contributed by atoms with Crippen molar-refractivity contribution in [2.45, 2.75) is 50.7 Å². The molecule has 2 aliphatic heterocycles. The van der Waals surface area contributed by atoms with Crippen LogP contribution in [0.2, 0.25) is 0 Å². The smallest absolute Gasteiger partial charge is 0.419 e. The standard InChI is InChI=1S/C29H25F3N6O4S/c1-15-35-23-9-20(26-34-12-24(43-26)25(39)29(30,31)32)22(36-18-6-7-37-19(8-18)14-42-28(37)41)10-21(23)27(40)38(15)13-17-4-2-16(11-33)3-5-17/h2-5,9-10,12,18-19,25,36,39H,6-8,13-14H2,1H3/t18-,19-,25?/m0/s1. The average Bonchev–Trinajstić information content (AvgIpc) is 3.62. The fourth-order valence-corrected chi connectivity index (χ4v) is 6.44. The van der Waals surface area contributed by atoms with Gasteiger partial charge in [0.1, 0.15) is 17.4 Å². The van der Waals surface area contributed by atoms with Crippen molar-refractivity contribution in [3.05, 3.63) is 74.8 Å². The minimum absolute atomic E-state index is 0.106. The van der Waals surface area contributed by atoms with E-state index in [1.54, 1.807) is 48.2 Å². The monoisotopic (exact) mass is 610 g/mol. The number of thiazole rings is 1. The van der Waals surface area contributed by atoms with Crippen LogP contribution in [0, 0.1) is 18.3 Å². The Bertz CT molecular complexity index is 1810. The highest BCUT2D eigenvalue weighted by atomic mass is 32.1. The van der Waals surface area contributed by atoms with Crippen molar-refractivity contribution in [3.63, 3.8) is 0 Å². The van der Waals surface area contributed by atoms with Gasteiger partial charge < -0.3 is 20.1 Å². The molecule has 0 bridgehead atoms. The summed E-state index contributed by atoms with van der Waals surface area (Å²) in [5, 5.41) is 22.8. The van der Waals surface area contributed by atoms with Gasteiger partial charge in [0.2, 0.25) is 0 Å². The van der Waals surface area contributed by atoms with Crippen LogP contribution in [0.3, 0.4) is 0 Å². The van der Waals surface area contributed by atoms with Crippen LogP contribution in [-0.2, 0) is 11.3 Å². The van der Waals surface area contributed by atoms with Gasteiger partial charge in [-0.15, -0.1) is 11.3 Å². The molecule has 3 atom stereocenters. The van der Waals surface area contributed by atoms with Gasteiger partial charge in [-0.1, -0.05) is 12.1 Å². The molecule has 10 nitrogen and oxygen atoms in total. The van der Waals surface area contributed by atoms with Gasteiger partial charge in [-0.25, -0.2) is 14.8 Å². The van der Waals surface area contributed by atoms with Crippen molar-refractivity contribution in [3.8, 4) is 16.6 Å². The number of aryl methyl sites for hydroxylation is 1. The number of hydrogen-bond donors (Lipinski definition) is 2. The third-order valence-corrected chi connectivity index (χ3v) is 8.83. The number of cyclic esters (lactones) is 1. The van der Waals surface area contributed by atoms with Gasteiger partial charge >= 0.3 is 12.3 Å². The molecule has 2 aromatic heterocycles. The Hall–Kier alpha value is -4.48. The lowest BCUT2D eigenvalue weighted by atomic mass is 9.97. The lowest BCUT2D eigenvalue weighted by Gasteiger charge is -2.33. The van der Waals surface area contributed by atoms with E-state index in [0.717, 1.165) is 11.8 Å². The van der Waals surface area contributed by atoms with E-state index in [4.69, 9.17) is 10.00 Å². The number of carbonyl (C=O) groups excluding carboxylic acids is 1. The van der Waals surface area contributed by atoms with Gasteiger partial charge in [-0.2, -0.15) is 18.4 Å². The molecule has 0 aliphatic carbocycles. The van der Waals surface area contributed by atoms with Crippen molar-refractivity contribution in [1.82, 2.24) is 19.4 Å². The molecule has 4 heterocycles. The van der Waals surface area contributed by atoms with Crippen LogP contribution in [0.25, 0.3) is 21.5 Å². The number of aromatic nitrogens is 3. The molecule has 0 spiro atoms. The Kier molecular flexibility index (Phi) is 7.31. The van der Waals surface area contributed by atoms with Crippen LogP contribution in [0.5, 0.6) is 0 Å². The fourth-order valence-electron chi connectivity index (χ4n) is 5.48. The van der Waals surface area contributed by atoms with Crippen molar-refractivity contribution >= 4 is 34.0 Å². The molecule has 2 fully saturated rings. The molecule has 4 aromatic rings. The molecule has 1 amide bonds. The molecule has 0 radical (unpaired) electrons. The number of piperidine rings is 1. The molecule has 1 unspecified atom stereocenters. The number of rotatable bonds is 6. The summed E-state index contributed by atoms with van der Waals surface area (Å²) in [6, 6.07) is 12.0. The summed E-state index contributed by atoms with van der Waals surface area (Å²) in [5.74, 6) is 0.430. The Morgan fingerprint density at radius 1 is 1.26 bits per heavy atom. The molecular formula is C29H25F3N6O4S. The second-order valence-electron chi connectivity index (χ2n) is 10.6. The second kappa shape index (κ2) is 11.0. The molecule has 6 rings (SSSR count). The SMILES string of the molecule is Cc1nc2cc(-c3ncc(C(O)C(F)(F)F)s3)c(N[C@H]3CCN4C(=O)OC[C@@H]4C3)cc2c(=O)n1Cc1ccc(C#N)cc1. The number of alkyl halides is 3. The number of nitriles is 1. The first kappa shape index (κ1) is 28.6. The number of anilines is 1. The van der Waals surface area contributed by atoms with Gasteiger partial charge in [0.05, 0.1) is 40.0 Å². The van der Waals surface area contributed by atoms with Crippen LogP contribution in [0.4, 0.5) is 23.7 Å². The third-order valence-electron chi connectivity index (χ3n) is 7.75. The van der Waals surface area contributed by atoms with Gasteiger partial charge in [-0.05, 0) is 49.6 Å². The number of hydrogen-bond acceptors (Lipinski definition) is 9. The first-order valence-corrected chi connectivity index (χ1v) is 14.3. The zero-order valence-electron chi connectivity index (χ0n) is 22.8. The summed E-state index contributed by atoms with van der Waals surface area (Å²) in [6.07, 6.45) is -5.70. The van der Waals surface area contributed by atoms with Crippen LogP contribution in [-0.4, -0.2) is 62.0 Å². The fraction of sp³-hybridized carbons (Fsp3) is 0.345. The normalized spacial score (nSPS) is 19.2. The lowest BCUT2D eigenvalue weighted by Crippen LogP contribution is -2.45. The average molecular weight is 611 g/mol. The van der Waals surface area contributed by atoms with E-state index in [2.05, 4.69) is 21.4 Å². The van der Waals surface area contributed by atoms with E-state index >= 15 is 0 Å². The van der Waals surface area contributed by atoms with Crippen molar-refractivity contribution in [1.29, 1.82) is 5.26 Å². The van der Waals surface area contributed by atoms with E-state index in [9.17, 15) is 27.9 Å². The maximum absolute atomic E-state index is 13.8. The Morgan fingerprint density at radius 3 is 2.74 bits per heavy atom. The highest BCUT2D eigenvalue weighted by Gasteiger charge is 2.41. The van der Waals surface area contributed by atoms with E-state index in [1.807, 2.05) is 0 Å². The van der Waals surface area contributed by atoms with Crippen LogP contribution < -0.4 is 10.9 Å². The number of halogens is 3. The molecule has 2 saturated heterocycles. The molecular weight excluding hydrogens is 585 g/mol. The van der Waals surface area contributed by atoms with Crippen molar-refractivity contribution < 1.29 is 27.8 Å². The Morgan fingerprint density at radius 2 is 2.02 bits per heavy atom. The summed E-state index contributed by atoms with van der Waals surface area (Å²) in [5.41, 5.74) is 2.26. The maximum atomic E-state index is 13.8. The van der Waals surface area contributed by atoms with Crippen molar-refractivity contribution in [2.24, 2.45) is 0 Å². The third kappa shape index (κ3) is 5.53. The molecule has 2 aromatic carbocycles. The van der Waals surface area contributed by atoms with Gasteiger partial charge in [0.15, 0.2) is 6.10 Å². The van der Waals surface area contributed by atoms with E-state index in [1.165, 1.54) is 4.57 Å². The van der Waals surface area contributed by atoms with Crippen molar-refractivity contribution in [2.75, 3.05) is 18.5 Å². The molecule has 2 N–H and O–H groups in total. The highest BCUT2D eigenvalue weighted by molar-refractivity contribution is 7.15. The number of benzene rings is 2. The summed E-state index contributed by atoms with van der Waals surface area (Å²) in [6.45, 7) is 2.66. The zero-order valence-corrected chi connectivity index (χ0v) is 23.6. The molecule has 2 aliphatic rings. The minimum Gasteiger partial charge on any atom is -0.447 e. The summed E-state index contributed by atoms with van der Waals surface area (Å²) < 4.78 is 46.3. The highest BCUT2D eigenvalue weighted by Crippen LogP contribution is 2.40. The molecule has 43 heavy (non-hydrogen) atoms. The quantitative estimate of drug-likeness (QED) is 0.320. The number of ether oxygens (including phenoxy) is 1. The van der Waals surface area contributed by atoms with Crippen LogP contribution >= 0.6 is 11.3 Å². The summed E-state index contributed by atoms with van der Waals surface area (Å²) in [4.78, 5) is 35.9. The first-order chi connectivity index (χ1) is 20.5. The van der Waals surface area contributed by atoms with E-state index in [0.29, 0.717) is 64.3 Å². The topological polar surface area (TPSA) is 133 Å². The number of fused-ring (bicyclic) bond motifs is 2. The predicted molar refractivity (Wildman–Crippen MR) is 152 cm³/mol. The molecule has 14 heteroatoms. The largest absolute Gasteiger partial charge is 0.447 e. The number of nitrogens with zero attached hydrogens (tertiary/aromatic N) is 5. The van der Waals surface area contributed by atoms with Crippen LogP contribution in [0.1, 0.15) is 40.8 Å². The van der Waals surface area contributed by atoms with E-state index < -0.39 is 12.3 Å². The number of nitrogens with one attached hydrogen (secondary N) is 1. The number of aliphatic hydroxyl groups excluding tert-OH is 1. The lowest BCUT2D eigenvalue weighted by molar-refractivity contribution is -0.205. The Labute approximate surface area is 247 Å². The first-order valence-electron chi connectivity index (χ1n) is 13.5. The zero-order chi connectivity index (χ0) is 30.5. The maximum Gasteiger partial charge on any atom is 0.419 e. The van der Waals surface area contributed by atoms with Crippen LogP contribution in [0.15, 0.2) is 47.4 Å². The minimum atomic E-state index is -4.85. The van der Waals surface area contributed by atoms with Gasteiger partial charge in [0, 0.05) is 30.0 Å². The molecule has 222 valence electrons. The van der Waals surface area contributed by atoms with Gasteiger partial charge in [-0.3, -0.25) is 9.36 Å². The summed E-state index contributed by atoms with van der Waals surface area (Å²) >= 11 is 0.710. The number of carbonyl (C=O) groups is 1. The molecule has 0 saturated carbocycles. The van der Waals surface area contributed by atoms with E-state index in [-0.39, 0.29) is 46.8 Å². The number of amides is 1.